The van der Waals surface area contributed by atoms with Crippen molar-refractivity contribution in [1.82, 2.24) is 0 Å². The molecule has 2 N–H and O–H groups in total. The summed E-state index contributed by atoms with van der Waals surface area (Å²) in [6.07, 6.45) is 3.83. The smallest absolute Gasteiger partial charge is 0.0451 e. The maximum Gasteiger partial charge on any atom is 0.0451 e. The summed E-state index contributed by atoms with van der Waals surface area (Å²) in [6.45, 7) is 8.19. The van der Waals surface area contributed by atoms with Crippen LogP contribution in [0.2, 0.25) is 25.7 Å². The number of hydrogen-bond donors (Lipinski definition) is 1. The minimum absolute atomic E-state index is 0.277. The van der Waals surface area contributed by atoms with Gasteiger partial charge in [0.2, 0.25) is 0 Å². The quantitative estimate of drug-likeness (QED) is 0.812. The largest absolute Gasteiger partial charge is 0.330 e. The molecule has 0 radical (unpaired) electrons. The molecule has 0 aliphatic heterocycles. The van der Waals surface area contributed by atoms with Gasteiger partial charge in [0.25, 0.3) is 0 Å². The first-order valence-electron chi connectivity index (χ1n) is 6.75. The van der Waals surface area contributed by atoms with Crippen LogP contribution in [0.25, 0.3) is 0 Å². The molecule has 0 amide bonds. The Kier molecular flexibility index (Phi) is 3.46. The van der Waals surface area contributed by atoms with Gasteiger partial charge in [-0.3, -0.25) is 0 Å². The molecule has 0 aromatic heterocycles. The molecular weight excluding hydrogens is 222 g/mol. The van der Waals surface area contributed by atoms with Gasteiger partial charge >= 0.3 is 0 Å². The van der Waals surface area contributed by atoms with E-state index in [1.807, 2.05) is 0 Å². The molecule has 1 atom stereocenters. The van der Waals surface area contributed by atoms with Gasteiger partial charge in [-0.2, -0.15) is 0 Å². The Bertz CT molecular complexity index is 394. The molecule has 2 rings (SSSR count). The van der Waals surface area contributed by atoms with E-state index in [9.17, 15) is 0 Å². The third kappa shape index (κ3) is 2.63. The predicted octanol–water partition coefficient (Wildman–Crippen LogP) is 3.56. The lowest BCUT2D eigenvalue weighted by atomic mass is 9.71. The Labute approximate surface area is 106 Å². The molecular formula is C15H25NSi. The van der Waals surface area contributed by atoms with E-state index in [-0.39, 0.29) is 5.41 Å². The lowest BCUT2D eigenvalue weighted by Crippen LogP contribution is -2.44. The summed E-state index contributed by atoms with van der Waals surface area (Å²) < 4.78 is 0. The van der Waals surface area contributed by atoms with E-state index < -0.39 is 8.07 Å². The SMILES string of the molecule is C[Si](C)(C)CC1(CN)CCCc2ccccc21. The molecule has 0 bridgehead atoms. The molecule has 2 heteroatoms. The van der Waals surface area contributed by atoms with Crippen LogP contribution in [0.15, 0.2) is 24.3 Å². The van der Waals surface area contributed by atoms with Crippen molar-refractivity contribution >= 4 is 8.07 Å². The highest BCUT2D eigenvalue weighted by Gasteiger charge is 2.38. The molecule has 17 heavy (non-hydrogen) atoms. The fourth-order valence-corrected chi connectivity index (χ4v) is 6.03. The second-order valence-electron chi connectivity index (χ2n) is 6.73. The van der Waals surface area contributed by atoms with Crippen molar-refractivity contribution in [2.75, 3.05) is 6.54 Å². The van der Waals surface area contributed by atoms with Crippen molar-refractivity contribution in [2.24, 2.45) is 5.73 Å². The van der Waals surface area contributed by atoms with Crippen molar-refractivity contribution < 1.29 is 0 Å². The normalized spacial score (nSPS) is 24.5. The molecule has 1 aliphatic carbocycles. The van der Waals surface area contributed by atoms with Crippen LogP contribution in [0.4, 0.5) is 0 Å². The van der Waals surface area contributed by atoms with Crippen LogP contribution >= 0.6 is 0 Å². The molecule has 1 nitrogen and oxygen atoms in total. The highest BCUT2D eigenvalue weighted by Crippen LogP contribution is 2.42. The van der Waals surface area contributed by atoms with Crippen molar-refractivity contribution in [2.45, 2.75) is 50.4 Å². The zero-order chi connectivity index (χ0) is 12.5. The first-order chi connectivity index (χ1) is 7.97. The Hall–Kier alpha value is -0.603. The maximum atomic E-state index is 6.18. The van der Waals surface area contributed by atoms with E-state index in [0.717, 1.165) is 6.54 Å². The minimum Gasteiger partial charge on any atom is -0.330 e. The number of benzene rings is 1. The van der Waals surface area contributed by atoms with Crippen LogP contribution in [-0.2, 0) is 11.8 Å². The minimum atomic E-state index is -1.09. The zero-order valence-corrected chi connectivity index (χ0v) is 12.4. The molecule has 1 aliphatic rings. The maximum absolute atomic E-state index is 6.18. The van der Waals surface area contributed by atoms with Crippen LogP contribution in [-0.4, -0.2) is 14.6 Å². The van der Waals surface area contributed by atoms with E-state index in [2.05, 4.69) is 43.9 Å². The molecule has 0 saturated carbocycles. The van der Waals surface area contributed by atoms with Gasteiger partial charge in [0, 0.05) is 20.0 Å². The summed E-state index contributed by atoms with van der Waals surface area (Å²) in [5.41, 5.74) is 9.56. The Morgan fingerprint density at radius 3 is 2.59 bits per heavy atom. The summed E-state index contributed by atoms with van der Waals surface area (Å²) in [6, 6.07) is 10.3. The summed E-state index contributed by atoms with van der Waals surface area (Å²) >= 11 is 0. The molecule has 1 unspecified atom stereocenters. The Morgan fingerprint density at radius 2 is 1.94 bits per heavy atom. The fourth-order valence-electron chi connectivity index (χ4n) is 3.49. The number of nitrogens with two attached hydrogens (primary N) is 1. The van der Waals surface area contributed by atoms with E-state index in [0.29, 0.717) is 0 Å². The monoisotopic (exact) mass is 247 g/mol. The Balaban J connectivity index is 2.42. The predicted molar refractivity (Wildman–Crippen MR) is 78.3 cm³/mol. The second kappa shape index (κ2) is 4.58. The molecule has 0 saturated heterocycles. The number of fused-ring (bicyclic) bond motifs is 1. The standard InChI is InChI=1S/C15H25NSi/c1-17(2,3)12-15(11-16)10-6-8-13-7-4-5-9-14(13)15/h4-5,7,9H,6,8,10-12,16H2,1-3H3. The van der Waals surface area contributed by atoms with Gasteiger partial charge in [0.15, 0.2) is 0 Å². The van der Waals surface area contributed by atoms with Gasteiger partial charge in [0.1, 0.15) is 0 Å². The van der Waals surface area contributed by atoms with Crippen LogP contribution in [0.1, 0.15) is 24.0 Å². The lowest BCUT2D eigenvalue weighted by molar-refractivity contribution is 0.399. The third-order valence-electron chi connectivity index (χ3n) is 3.95. The van der Waals surface area contributed by atoms with Crippen molar-refractivity contribution in [3.8, 4) is 0 Å². The van der Waals surface area contributed by atoms with E-state index >= 15 is 0 Å². The van der Waals surface area contributed by atoms with Gasteiger partial charge in [0.05, 0.1) is 0 Å². The van der Waals surface area contributed by atoms with Gasteiger partial charge in [-0.05, 0) is 36.4 Å². The van der Waals surface area contributed by atoms with Gasteiger partial charge in [-0.15, -0.1) is 0 Å². The first kappa shape index (κ1) is 12.8. The fraction of sp³-hybridized carbons (Fsp3) is 0.600. The summed E-state index contributed by atoms with van der Waals surface area (Å²) in [5, 5.41) is 0. The number of hydrogen-bond acceptors (Lipinski definition) is 1. The molecule has 1 aromatic carbocycles. The second-order valence-corrected chi connectivity index (χ2v) is 12.2. The van der Waals surface area contributed by atoms with Crippen molar-refractivity contribution in [1.29, 1.82) is 0 Å². The van der Waals surface area contributed by atoms with E-state index in [1.165, 1.54) is 25.3 Å². The third-order valence-corrected chi connectivity index (χ3v) is 5.69. The summed E-state index contributed by atoms with van der Waals surface area (Å²) in [7, 11) is -1.09. The number of rotatable bonds is 3. The molecule has 1 aromatic rings. The molecule has 0 fully saturated rings. The molecule has 94 valence electrons. The van der Waals surface area contributed by atoms with E-state index in [4.69, 9.17) is 5.73 Å². The highest BCUT2D eigenvalue weighted by atomic mass is 28.3. The van der Waals surface area contributed by atoms with Crippen molar-refractivity contribution in [3.63, 3.8) is 0 Å². The van der Waals surface area contributed by atoms with Crippen LogP contribution in [0.3, 0.4) is 0 Å². The molecule has 0 heterocycles. The van der Waals surface area contributed by atoms with Gasteiger partial charge in [-0.25, -0.2) is 0 Å². The summed E-state index contributed by atoms with van der Waals surface area (Å²) in [4.78, 5) is 0. The lowest BCUT2D eigenvalue weighted by Gasteiger charge is -2.42. The highest BCUT2D eigenvalue weighted by molar-refractivity contribution is 6.76. The van der Waals surface area contributed by atoms with Gasteiger partial charge in [-0.1, -0.05) is 43.9 Å². The van der Waals surface area contributed by atoms with Crippen molar-refractivity contribution in [3.05, 3.63) is 35.4 Å². The van der Waals surface area contributed by atoms with E-state index in [1.54, 1.807) is 11.1 Å². The average molecular weight is 247 g/mol. The molecule has 0 spiro atoms. The average Bonchev–Trinajstić information content (AvgIpc) is 2.27. The first-order valence-corrected chi connectivity index (χ1v) is 10.5. The Morgan fingerprint density at radius 1 is 1.24 bits per heavy atom. The van der Waals surface area contributed by atoms with Crippen LogP contribution in [0, 0.1) is 0 Å². The van der Waals surface area contributed by atoms with Gasteiger partial charge < -0.3 is 5.73 Å². The zero-order valence-electron chi connectivity index (χ0n) is 11.4. The number of aryl methyl sites for hydroxylation is 1. The summed E-state index contributed by atoms with van der Waals surface area (Å²) in [5.74, 6) is 0. The topological polar surface area (TPSA) is 26.0 Å². The van der Waals surface area contributed by atoms with Crippen LogP contribution < -0.4 is 5.73 Å². The van der Waals surface area contributed by atoms with Crippen LogP contribution in [0.5, 0.6) is 0 Å².